The van der Waals surface area contributed by atoms with Gasteiger partial charge in [0.05, 0.1) is 10.9 Å². The van der Waals surface area contributed by atoms with Crippen LogP contribution in [0.2, 0.25) is 0 Å². The van der Waals surface area contributed by atoms with E-state index >= 15 is 0 Å². The van der Waals surface area contributed by atoms with Gasteiger partial charge in [0, 0.05) is 11.3 Å². The summed E-state index contributed by atoms with van der Waals surface area (Å²) in [5.41, 5.74) is 6.19. The Morgan fingerprint density at radius 3 is 2.28 bits per heavy atom. The molecule has 2 aromatic carbocycles. The van der Waals surface area contributed by atoms with E-state index in [0.717, 1.165) is 33.1 Å². The number of rotatable bonds is 6. The number of hydrogen-bond acceptors (Lipinski definition) is 4. The SMILES string of the molecule is CCC(Sc1cc(-c2ccccc2)nc(C)n1)C(=O)Nc1c(C)cc(C)cc1C. The maximum absolute atomic E-state index is 13.0. The summed E-state index contributed by atoms with van der Waals surface area (Å²) in [4.78, 5) is 22.1. The molecule has 3 rings (SSSR count). The molecule has 1 aromatic heterocycles. The van der Waals surface area contributed by atoms with Gasteiger partial charge in [-0.25, -0.2) is 9.97 Å². The number of aryl methyl sites for hydroxylation is 4. The van der Waals surface area contributed by atoms with E-state index in [0.29, 0.717) is 12.2 Å². The van der Waals surface area contributed by atoms with Crippen LogP contribution in [0.5, 0.6) is 0 Å². The molecule has 4 nitrogen and oxygen atoms in total. The summed E-state index contributed by atoms with van der Waals surface area (Å²) in [6, 6.07) is 16.2. The van der Waals surface area contributed by atoms with Gasteiger partial charge in [0.25, 0.3) is 0 Å². The van der Waals surface area contributed by atoms with Gasteiger partial charge in [0.2, 0.25) is 5.91 Å². The summed E-state index contributed by atoms with van der Waals surface area (Å²) >= 11 is 1.49. The summed E-state index contributed by atoms with van der Waals surface area (Å²) < 4.78 is 0. The van der Waals surface area contributed by atoms with Crippen LogP contribution in [0.25, 0.3) is 11.3 Å². The van der Waals surface area contributed by atoms with E-state index in [1.165, 1.54) is 17.3 Å². The number of thioether (sulfide) groups is 1. The van der Waals surface area contributed by atoms with Crippen molar-refractivity contribution in [2.75, 3.05) is 5.32 Å². The number of nitrogens with zero attached hydrogens (tertiary/aromatic N) is 2. The molecule has 0 spiro atoms. The van der Waals surface area contributed by atoms with E-state index in [-0.39, 0.29) is 11.2 Å². The van der Waals surface area contributed by atoms with Gasteiger partial charge >= 0.3 is 0 Å². The van der Waals surface area contributed by atoms with Crippen LogP contribution in [0.15, 0.2) is 53.6 Å². The zero-order valence-electron chi connectivity index (χ0n) is 17.6. The molecule has 0 saturated heterocycles. The third-order valence-electron chi connectivity index (χ3n) is 4.74. The van der Waals surface area contributed by atoms with Gasteiger partial charge in [-0.1, -0.05) is 66.7 Å². The number of nitrogens with one attached hydrogen (secondary N) is 1. The second-order valence-corrected chi connectivity index (χ2v) is 8.51. The van der Waals surface area contributed by atoms with E-state index in [4.69, 9.17) is 0 Å². The Labute approximate surface area is 177 Å². The van der Waals surface area contributed by atoms with Gasteiger partial charge < -0.3 is 5.32 Å². The van der Waals surface area contributed by atoms with Crippen molar-refractivity contribution in [2.24, 2.45) is 0 Å². The monoisotopic (exact) mass is 405 g/mol. The minimum atomic E-state index is -0.229. The first-order valence-corrected chi connectivity index (χ1v) is 10.7. The summed E-state index contributed by atoms with van der Waals surface area (Å²) in [5.74, 6) is 0.708. The quantitative estimate of drug-likeness (QED) is 0.410. The van der Waals surface area contributed by atoms with Gasteiger partial charge in [-0.05, 0) is 51.3 Å². The standard InChI is InChI=1S/C24H27N3OS/c1-6-21(24(28)27-23-16(3)12-15(2)13-17(23)4)29-22-14-20(25-18(5)26-22)19-10-8-7-9-11-19/h7-14,21H,6H2,1-5H3,(H,27,28). The average Bonchev–Trinajstić information content (AvgIpc) is 2.69. The van der Waals surface area contributed by atoms with Crippen molar-refractivity contribution in [3.8, 4) is 11.3 Å². The molecule has 5 heteroatoms. The largest absolute Gasteiger partial charge is 0.325 e. The molecular weight excluding hydrogens is 378 g/mol. The van der Waals surface area contributed by atoms with Crippen LogP contribution in [0.4, 0.5) is 5.69 Å². The Kier molecular flexibility index (Phi) is 6.70. The Morgan fingerprint density at radius 2 is 1.66 bits per heavy atom. The fourth-order valence-corrected chi connectivity index (χ4v) is 4.39. The highest BCUT2D eigenvalue weighted by Crippen LogP contribution is 2.29. The predicted octanol–water partition coefficient (Wildman–Crippen LogP) is 5.89. The highest BCUT2D eigenvalue weighted by molar-refractivity contribution is 8.00. The maximum Gasteiger partial charge on any atom is 0.237 e. The highest BCUT2D eigenvalue weighted by atomic mass is 32.2. The van der Waals surface area contributed by atoms with E-state index in [1.807, 2.05) is 64.1 Å². The fourth-order valence-electron chi connectivity index (χ4n) is 3.41. The van der Waals surface area contributed by atoms with Gasteiger partial charge in [0.1, 0.15) is 10.9 Å². The molecule has 1 atom stereocenters. The molecule has 0 bridgehead atoms. The number of benzene rings is 2. The lowest BCUT2D eigenvalue weighted by Crippen LogP contribution is -2.25. The Bertz CT molecular complexity index is 995. The molecule has 150 valence electrons. The summed E-state index contributed by atoms with van der Waals surface area (Å²) in [7, 11) is 0. The number of amides is 1. The molecule has 0 radical (unpaired) electrons. The lowest BCUT2D eigenvalue weighted by atomic mass is 10.0. The van der Waals surface area contributed by atoms with E-state index in [2.05, 4.69) is 34.3 Å². The van der Waals surface area contributed by atoms with Gasteiger partial charge in [-0.15, -0.1) is 0 Å². The molecule has 0 saturated carbocycles. The molecule has 1 amide bonds. The summed E-state index contributed by atoms with van der Waals surface area (Å²) in [6.45, 7) is 10.0. The van der Waals surface area contributed by atoms with Crippen molar-refractivity contribution in [2.45, 2.75) is 51.3 Å². The molecule has 1 N–H and O–H groups in total. The van der Waals surface area contributed by atoms with Gasteiger partial charge in [-0.3, -0.25) is 4.79 Å². The highest BCUT2D eigenvalue weighted by Gasteiger charge is 2.21. The van der Waals surface area contributed by atoms with Crippen molar-refractivity contribution in [1.82, 2.24) is 9.97 Å². The molecule has 0 aliphatic carbocycles. The minimum Gasteiger partial charge on any atom is -0.325 e. The zero-order chi connectivity index (χ0) is 21.0. The van der Waals surface area contributed by atoms with Crippen LogP contribution in [-0.2, 0) is 4.79 Å². The number of hydrogen-bond donors (Lipinski definition) is 1. The molecular formula is C24H27N3OS. The van der Waals surface area contributed by atoms with Crippen LogP contribution in [0.3, 0.4) is 0 Å². The smallest absolute Gasteiger partial charge is 0.237 e. The van der Waals surface area contributed by atoms with Crippen molar-refractivity contribution in [1.29, 1.82) is 0 Å². The number of aromatic nitrogens is 2. The second-order valence-electron chi connectivity index (χ2n) is 7.28. The molecule has 3 aromatic rings. The number of carbonyl (C=O) groups is 1. The van der Waals surface area contributed by atoms with Gasteiger partial charge in [-0.2, -0.15) is 0 Å². The first kappa shape index (κ1) is 21.1. The maximum atomic E-state index is 13.0. The van der Waals surface area contributed by atoms with Crippen molar-refractivity contribution >= 4 is 23.4 Å². The first-order valence-electron chi connectivity index (χ1n) is 9.84. The topological polar surface area (TPSA) is 54.9 Å². The Morgan fingerprint density at radius 1 is 1.00 bits per heavy atom. The number of anilines is 1. The Hall–Kier alpha value is -2.66. The van der Waals surface area contributed by atoms with E-state index in [1.54, 1.807) is 0 Å². The molecule has 1 unspecified atom stereocenters. The normalized spacial score (nSPS) is 11.9. The Balaban J connectivity index is 1.81. The van der Waals surface area contributed by atoms with Crippen LogP contribution in [0, 0.1) is 27.7 Å². The molecule has 0 aliphatic heterocycles. The fraction of sp³-hybridized carbons (Fsp3) is 0.292. The number of carbonyl (C=O) groups excluding carboxylic acids is 1. The lowest BCUT2D eigenvalue weighted by molar-refractivity contribution is -0.115. The lowest BCUT2D eigenvalue weighted by Gasteiger charge is -2.18. The molecule has 0 fully saturated rings. The summed E-state index contributed by atoms with van der Waals surface area (Å²) in [6.07, 6.45) is 0.712. The van der Waals surface area contributed by atoms with Crippen molar-refractivity contribution in [3.63, 3.8) is 0 Å². The second kappa shape index (κ2) is 9.23. The van der Waals surface area contributed by atoms with Crippen molar-refractivity contribution < 1.29 is 4.79 Å². The van der Waals surface area contributed by atoms with Crippen molar-refractivity contribution in [3.05, 3.63) is 71.0 Å². The third-order valence-corrected chi connectivity index (χ3v) is 6.02. The predicted molar refractivity (Wildman–Crippen MR) is 121 cm³/mol. The molecule has 29 heavy (non-hydrogen) atoms. The van der Waals surface area contributed by atoms with Gasteiger partial charge in [0.15, 0.2) is 0 Å². The van der Waals surface area contributed by atoms with Crippen LogP contribution >= 0.6 is 11.8 Å². The van der Waals surface area contributed by atoms with Crippen LogP contribution in [-0.4, -0.2) is 21.1 Å². The summed E-state index contributed by atoms with van der Waals surface area (Å²) in [5, 5.41) is 3.72. The molecule has 1 heterocycles. The van der Waals surface area contributed by atoms with E-state index in [9.17, 15) is 4.79 Å². The average molecular weight is 406 g/mol. The minimum absolute atomic E-state index is 0.00470. The molecule has 0 aliphatic rings. The first-order chi connectivity index (χ1) is 13.9. The van der Waals surface area contributed by atoms with Crippen LogP contribution in [0.1, 0.15) is 35.9 Å². The third kappa shape index (κ3) is 5.24. The van der Waals surface area contributed by atoms with E-state index < -0.39 is 0 Å². The van der Waals surface area contributed by atoms with Crippen LogP contribution < -0.4 is 5.32 Å². The zero-order valence-corrected chi connectivity index (χ0v) is 18.4.